The highest BCUT2D eigenvalue weighted by Crippen LogP contribution is 2.21. The van der Waals surface area contributed by atoms with Crippen LogP contribution >= 0.6 is 0 Å². The van der Waals surface area contributed by atoms with E-state index in [1.54, 1.807) is 36.1 Å². The number of amides is 2. The van der Waals surface area contributed by atoms with Crippen molar-refractivity contribution in [3.05, 3.63) is 47.9 Å². The molecule has 3 N–H and O–H groups in total. The summed E-state index contributed by atoms with van der Waals surface area (Å²) in [6, 6.07) is 6.58. The summed E-state index contributed by atoms with van der Waals surface area (Å²) in [5, 5.41) is 2.68. The average Bonchev–Trinajstić information content (AvgIpc) is 2.74. The molecule has 1 aromatic heterocycles. The second kappa shape index (κ2) is 9.13. The number of piperidine rings is 1. The van der Waals surface area contributed by atoms with Gasteiger partial charge in [-0.2, -0.15) is 0 Å². The summed E-state index contributed by atoms with van der Waals surface area (Å²) in [6.07, 6.45) is 3.98. The van der Waals surface area contributed by atoms with E-state index in [0.717, 1.165) is 0 Å². The van der Waals surface area contributed by atoms with Crippen LogP contribution in [0.25, 0.3) is 0 Å². The third-order valence-corrected chi connectivity index (χ3v) is 4.73. The van der Waals surface area contributed by atoms with Gasteiger partial charge in [-0.3, -0.25) is 14.4 Å². The maximum absolute atomic E-state index is 12.7. The molecule has 3 rings (SSSR count). The largest absolute Gasteiger partial charge is 0.466 e. The van der Waals surface area contributed by atoms with Gasteiger partial charge in [0, 0.05) is 36.7 Å². The van der Waals surface area contributed by atoms with Crippen molar-refractivity contribution >= 4 is 29.3 Å². The lowest BCUT2D eigenvalue weighted by atomic mass is 9.96. The molecule has 152 valence electrons. The fourth-order valence-corrected chi connectivity index (χ4v) is 3.17. The van der Waals surface area contributed by atoms with Crippen molar-refractivity contribution in [2.75, 3.05) is 30.7 Å². The highest BCUT2D eigenvalue weighted by Gasteiger charge is 2.28. The molecular weight excluding hydrogens is 374 g/mol. The van der Waals surface area contributed by atoms with E-state index in [2.05, 4.69) is 15.3 Å². The Labute approximate surface area is 168 Å². The fraction of sp³-hybridized carbons (Fsp3) is 0.350. The molecular formula is C20H23N5O4. The second-order valence-electron chi connectivity index (χ2n) is 6.64. The number of hydrogen-bond acceptors (Lipinski definition) is 7. The smallest absolute Gasteiger partial charge is 0.309 e. The number of rotatable bonds is 5. The molecule has 9 heteroatoms. The SMILES string of the molecule is CCOC(=O)C1CCN(C(=O)c2ccc(NC(=O)c3nccnc3N)cc2)CC1. The predicted molar refractivity (Wildman–Crippen MR) is 106 cm³/mol. The van der Waals surface area contributed by atoms with Crippen LogP contribution in [-0.4, -0.2) is 52.3 Å². The third-order valence-electron chi connectivity index (χ3n) is 4.73. The summed E-state index contributed by atoms with van der Waals surface area (Å²) in [6.45, 7) is 3.16. The van der Waals surface area contributed by atoms with E-state index < -0.39 is 5.91 Å². The van der Waals surface area contributed by atoms with Crippen molar-refractivity contribution in [2.45, 2.75) is 19.8 Å². The number of esters is 1. The van der Waals surface area contributed by atoms with Crippen LogP contribution in [0.5, 0.6) is 0 Å². The molecule has 0 aliphatic carbocycles. The summed E-state index contributed by atoms with van der Waals surface area (Å²) in [4.78, 5) is 46.2. The van der Waals surface area contributed by atoms with Crippen molar-refractivity contribution in [1.82, 2.24) is 14.9 Å². The number of hydrogen-bond donors (Lipinski definition) is 2. The number of likely N-dealkylation sites (tertiary alicyclic amines) is 1. The molecule has 1 saturated heterocycles. The molecule has 9 nitrogen and oxygen atoms in total. The number of anilines is 2. The highest BCUT2D eigenvalue weighted by molar-refractivity contribution is 6.05. The number of nitrogens with zero attached hydrogens (tertiary/aromatic N) is 3. The third kappa shape index (κ3) is 4.87. The molecule has 0 saturated carbocycles. The predicted octanol–water partition coefficient (Wildman–Crippen LogP) is 1.73. The number of carbonyl (C=O) groups is 3. The lowest BCUT2D eigenvalue weighted by molar-refractivity contribution is -0.149. The summed E-state index contributed by atoms with van der Waals surface area (Å²) in [5.41, 5.74) is 6.71. The van der Waals surface area contributed by atoms with Gasteiger partial charge in [-0.05, 0) is 44.0 Å². The Kier molecular flexibility index (Phi) is 6.38. The molecule has 2 amide bonds. The number of carbonyl (C=O) groups excluding carboxylic acids is 3. The quantitative estimate of drug-likeness (QED) is 0.735. The molecule has 0 radical (unpaired) electrons. The number of aromatic nitrogens is 2. The molecule has 0 spiro atoms. The number of nitrogen functional groups attached to an aromatic ring is 1. The number of benzene rings is 1. The monoisotopic (exact) mass is 397 g/mol. The van der Waals surface area contributed by atoms with E-state index in [-0.39, 0.29) is 29.3 Å². The Balaban J connectivity index is 1.57. The molecule has 1 aromatic carbocycles. The van der Waals surface area contributed by atoms with Crippen LogP contribution in [0.4, 0.5) is 11.5 Å². The lowest BCUT2D eigenvalue weighted by Gasteiger charge is -2.31. The van der Waals surface area contributed by atoms with Gasteiger partial charge in [0.25, 0.3) is 11.8 Å². The van der Waals surface area contributed by atoms with Crippen LogP contribution in [0, 0.1) is 5.92 Å². The van der Waals surface area contributed by atoms with Crippen molar-refractivity contribution in [1.29, 1.82) is 0 Å². The second-order valence-corrected chi connectivity index (χ2v) is 6.64. The Bertz CT molecular complexity index is 892. The van der Waals surface area contributed by atoms with E-state index in [1.807, 2.05) is 0 Å². The van der Waals surface area contributed by atoms with Crippen molar-refractivity contribution in [3.8, 4) is 0 Å². The van der Waals surface area contributed by atoms with Crippen molar-refractivity contribution in [2.24, 2.45) is 5.92 Å². The summed E-state index contributed by atoms with van der Waals surface area (Å²) in [7, 11) is 0. The van der Waals surface area contributed by atoms with E-state index >= 15 is 0 Å². The topological polar surface area (TPSA) is 128 Å². The lowest BCUT2D eigenvalue weighted by Crippen LogP contribution is -2.40. The first-order valence-corrected chi connectivity index (χ1v) is 9.43. The summed E-state index contributed by atoms with van der Waals surface area (Å²) >= 11 is 0. The number of nitrogens with one attached hydrogen (secondary N) is 1. The zero-order valence-electron chi connectivity index (χ0n) is 16.1. The first kappa shape index (κ1) is 20.2. The average molecular weight is 397 g/mol. The number of ether oxygens (including phenoxy) is 1. The van der Waals surface area contributed by atoms with Gasteiger partial charge in [0.2, 0.25) is 0 Å². The van der Waals surface area contributed by atoms with Gasteiger partial charge < -0.3 is 20.7 Å². The van der Waals surface area contributed by atoms with Crippen LogP contribution in [-0.2, 0) is 9.53 Å². The van der Waals surface area contributed by atoms with E-state index in [4.69, 9.17) is 10.5 Å². The van der Waals surface area contributed by atoms with Gasteiger partial charge >= 0.3 is 5.97 Å². The molecule has 1 aliphatic rings. The van der Waals surface area contributed by atoms with Crippen molar-refractivity contribution in [3.63, 3.8) is 0 Å². The zero-order chi connectivity index (χ0) is 20.8. The van der Waals surface area contributed by atoms with E-state index in [9.17, 15) is 14.4 Å². The maximum Gasteiger partial charge on any atom is 0.309 e. The van der Waals surface area contributed by atoms with Gasteiger partial charge in [0.15, 0.2) is 11.5 Å². The van der Waals surface area contributed by atoms with Gasteiger partial charge in [-0.25, -0.2) is 9.97 Å². The normalized spacial score (nSPS) is 14.3. The minimum atomic E-state index is -0.476. The first-order chi connectivity index (χ1) is 14.0. The van der Waals surface area contributed by atoms with Crippen molar-refractivity contribution < 1.29 is 19.1 Å². The molecule has 0 unspecified atom stereocenters. The highest BCUT2D eigenvalue weighted by atomic mass is 16.5. The van der Waals surface area contributed by atoms with Gasteiger partial charge in [0.05, 0.1) is 12.5 Å². The van der Waals surface area contributed by atoms with E-state index in [0.29, 0.717) is 43.8 Å². The molecule has 1 fully saturated rings. The molecule has 29 heavy (non-hydrogen) atoms. The van der Waals surface area contributed by atoms with Crippen LogP contribution in [0.3, 0.4) is 0 Å². The van der Waals surface area contributed by atoms with Gasteiger partial charge in [-0.1, -0.05) is 0 Å². The first-order valence-electron chi connectivity index (χ1n) is 9.43. The summed E-state index contributed by atoms with van der Waals surface area (Å²) < 4.78 is 5.05. The Hall–Kier alpha value is -3.49. The molecule has 2 aromatic rings. The standard InChI is InChI=1S/C20H23N5O4/c1-2-29-20(28)14-7-11-25(12-8-14)19(27)13-3-5-15(6-4-13)24-18(26)16-17(21)23-10-9-22-16/h3-6,9-10,14H,2,7-8,11-12H2,1H3,(H2,21,23)(H,24,26). The van der Waals surface area contributed by atoms with Gasteiger partial charge in [0.1, 0.15) is 0 Å². The molecule has 0 bridgehead atoms. The number of nitrogens with two attached hydrogens (primary N) is 1. The molecule has 2 heterocycles. The Morgan fingerprint density at radius 3 is 2.41 bits per heavy atom. The maximum atomic E-state index is 12.7. The Morgan fingerprint density at radius 1 is 1.14 bits per heavy atom. The molecule has 1 aliphatic heterocycles. The van der Waals surface area contributed by atoms with Crippen LogP contribution < -0.4 is 11.1 Å². The zero-order valence-corrected chi connectivity index (χ0v) is 16.1. The minimum Gasteiger partial charge on any atom is -0.466 e. The summed E-state index contributed by atoms with van der Waals surface area (Å²) in [5.74, 6) is -0.879. The minimum absolute atomic E-state index is 0.0390. The molecule has 0 atom stereocenters. The van der Waals surface area contributed by atoms with Crippen LogP contribution in [0.15, 0.2) is 36.7 Å². The van der Waals surface area contributed by atoms with Crippen LogP contribution in [0.1, 0.15) is 40.6 Å². The Morgan fingerprint density at radius 2 is 1.79 bits per heavy atom. The van der Waals surface area contributed by atoms with E-state index in [1.165, 1.54) is 12.4 Å². The fourth-order valence-electron chi connectivity index (χ4n) is 3.17. The van der Waals surface area contributed by atoms with Crippen LogP contribution in [0.2, 0.25) is 0 Å². The van der Waals surface area contributed by atoms with Gasteiger partial charge in [-0.15, -0.1) is 0 Å².